The molecule has 0 amide bonds. The fourth-order valence-electron chi connectivity index (χ4n) is 2.98. The molecular formula is C20H21B. The van der Waals surface area contributed by atoms with Gasteiger partial charge in [-0.25, -0.2) is 0 Å². The van der Waals surface area contributed by atoms with Crippen molar-refractivity contribution in [3.63, 3.8) is 0 Å². The largest absolute Gasteiger partial charge is 0.193 e. The molecule has 1 aromatic rings. The first-order chi connectivity index (χ1) is 10.1. The molecule has 0 nitrogen and oxygen atoms in total. The van der Waals surface area contributed by atoms with Gasteiger partial charge in [0.15, 0.2) is 7.28 Å². The summed E-state index contributed by atoms with van der Waals surface area (Å²) in [5, 5.41) is 0. The molecule has 1 aliphatic heterocycles. The molecule has 0 bridgehead atoms. The van der Waals surface area contributed by atoms with Crippen molar-refractivity contribution in [1.82, 2.24) is 0 Å². The van der Waals surface area contributed by atoms with E-state index >= 15 is 0 Å². The minimum absolute atomic E-state index is 0.469. The summed E-state index contributed by atoms with van der Waals surface area (Å²) in [5.74, 6) is 0.469. The summed E-state index contributed by atoms with van der Waals surface area (Å²) >= 11 is 0. The standard InChI is InChI=1S/C20H21B/c1-14-8-10-15(2)12-18-17-6-4-5-7-19(17)21-20(18)13-16(3)11-9-14/h4-14,21H,1-3H3/b10-8-,11-9-,15-12+,16-13-/t14-/m1/s1. The zero-order chi connectivity index (χ0) is 14.8. The first-order valence-electron chi connectivity index (χ1n) is 7.68. The van der Waals surface area contributed by atoms with Crippen LogP contribution in [0.4, 0.5) is 0 Å². The summed E-state index contributed by atoms with van der Waals surface area (Å²) in [5.41, 5.74) is 8.28. The van der Waals surface area contributed by atoms with Gasteiger partial charge in [-0.2, -0.15) is 0 Å². The third kappa shape index (κ3) is 3.02. The maximum absolute atomic E-state index is 2.34. The summed E-state index contributed by atoms with van der Waals surface area (Å²) < 4.78 is 0. The van der Waals surface area contributed by atoms with E-state index in [0.717, 1.165) is 7.28 Å². The van der Waals surface area contributed by atoms with Crippen LogP contribution in [0.3, 0.4) is 0 Å². The Morgan fingerprint density at radius 1 is 0.905 bits per heavy atom. The molecule has 0 radical (unpaired) electrons. The minimum atomic E-state index is 0.469. The van der Waals surface area contributed by atoms with E-state index in [2.05, 4.69) is 81.5 Å². The predicted molar refractivity (Wildman–Crippen MR) is 95.1 cm³/mol. The van der Waals surface area contributed by atoms with Gasteiger partial charge in [-0.3, -0.25) is 0 Å². The van der Waals surface area contributed by atoms with Crippen LogP contribution in [0.25, 0.3) is 5.57 Å². The van der Waals surface area contributed by atoms with Crippen molar-refractivity contribution in [3.05, 3.63) is 82.9 Å². The molecule has 21 heavy (non-hydrogen) atoms. The zero-order valence-electron chi connectivity index (χ0n) is 13.1. The number of fused-ring (bicyclic) bond motifs is 2. The molecule has 1 atom stereocenters. The quantitative estimate of drug-likeness (QED) is 0.623. The number of allylic oxidation sites excluding steroid dienone is 10. The SMILES string of the molecule is CC1=C/C2=C(/C=C(C)/C=C\[C@@H](C)/C=C\1)c1ccccc1B2. The van der Waals surface area contributed by atoms with Gasteiger partial charge in [-0.05, 0) is 30.9 Å². The number of hydrogen-bond acceptors (Lipinski definition) is 0. The molecule has 0 saturated carbocycles. The molecule has 1 aromatic carbocycles. The third-order valence-corrected chi connectivity index (χ3v) is 4.13. The fourth-order valence-corrected chi connectivity index (χ4v) is 2.98. The van der Waals surface area contributed by atoms with Crippen molar-refractivity contribution < 1.29 is 0 Å². The first kappa shape index (κ1) is 13.9. The van der Waals surface area contributed by atoms with Crippen molar-refractivity contribution in [2.45, 2.75) is 20.8 Å². The predicted octanol–water partition coefficient (Wildman–Crippen LogP) is 4.13. The molecule has 0 saturated heterocycles. The lowest BCUT2D eigenvalue weighted by molar-refractivity contribution is 0.936. The van der Waals surface area contributed by atoms with Crippen molar-refractivity contribution in [2.75, 3.05) is 0 Å². The lowest BCUT2D eigenvalue weighted by Crippen LogP contribution is -2.12. The maximum Gasteiger partial charge on any atom is 0.193 e. The Labute approximate surface area is 128 Å². The van der Waals surface area contributed by atoms with Crippen LogP contribution in [-0.4, -0.2) is 7.28 Å². The molecule has 0 fully saturated rings. The molecule has 0 N–H and O–H groups in total. The van der Waals surface area contributed by atoms with Crippen molar-refractivity contribution >= 4 is 18.3 Å². The van der Waals surface area contributed by atoms with E-state index in [1.165, 1.54) is 33.2 Å². The maximum atomic E-state index is 2.34. The van der Waals surface area contributed by atoms with Crippen LogP contribution in [0, 0.1) is 5.92 Å². The van der Waals surface area contributed by atoms with E-state index < -0.39 is 0 Å². The molecule has 1 heteroatoms. The van der Waals surface area contributed by atoms with Crippen LogP contribution in [0.5, 0.6) is 0 Å². The van der Waals surface area contributed by atoms with Gasteiger partial charge in [0.25, 0.3) is 0 Å². The van der Waals surface area contributed by atoms with E-state index in [1.54, 1.807) is 0 Å². The number of rotatable bonds is 0. The van der Waals surface area contributed by atoms with Crippen molar-refractivity contribution in [1.29, 1.82) is 0 Å². The second kappa shape index (κ2) is 5.77. The van der Waals surface area contributed by atoms with Crippen LogP contribution in [0.2, 0.25) is 0 Å². The van der Waals surface area contributed by atoms with Crippen LogP contribution >= 0.6 is 0 Å². The molecule has 3 rings (SSSR count). The highest BCUT2D eigenvalue weighted by atomic mass is 14.1. The Hall–Kier alpha value is -2.02. The zero-order valence-corrected chi connectivity index (χ0v) is 13.1. The Morgan fingerprint density at radius 2 is 1.57 bits per heavy atom. The van der Waals surface area contributed by atoms with E-state index in [-0.39, 0.29) is 0 Å². The summed E-state index contributed by atoms with van der Waals surface area (Å²) in [6.07, 6.45) is 13.7. The Balaban J connectivity index is 2.15. The van der Waals surface area contributed by atoms with E-state index in [1.807, 2.05) is 0 Å². The van der Waals surface area contributed by atoms with Crippen LogP contribution < -0.4 is 5.46 Å². The molecule has 1 aliphatic carbocycles. The molecule has 1 heterocycles. The highest BCUT2D eigenvalue weighted by molar-refractivity contribution is 6.67. The smallest absolute Gasteiger partial charge is 0.0776 e. The average Bonchev–Trinajstić information content (AvgIpc) is 2.79. The normalized spacial score (nSPS) is 29.0. The second-order valence-corrected chi connectivity index (χ2v) is 6.13. The summed E-state index contributed by atoms with van der Waals surface area (Å²) in [7, 11) is 1.04. The summed E-state index contributed by atoms with van der Waals surface area (Å²) in [4.78, 5) is 0. The summed E-state index contributed by atoms with van der Waals surface area (Å²) in [6.45, 7) is 6.60. The molecule has 0 spiro atoms. The number of benzene rings is 1. The first-order valence-corrected chi connectivity index (χ1v) is 7.68. The molecule has 0 unspecified atom stereocenters. The van der Waals surface area contributed by atoms with Gasteiger partial charge in [0.2, 0.25) is 0 Å². The van der Waals surface area contributed by atoms with E-state index in [0.29, 0.717) is 5.92 Å². The van der Waals surface area contributed by atoms with Gasteiger partial charge in [0.05, 0.1) is 0 Å². The van der Waals surface area contributed by atoms with Crippen molar-refractivity contribution in [3.8, 4) is 0 Å². The topological polar surface area (TPSA) is 0 Å². The van der Waals surface area contributed by atoms with Gasteiger partial charge in [0, 0.05) is 0 Å². The summed E-state index contributed by atoms with van der Waals surface area (Å²) in [6, 6.07) is 8.76. The molecular weight excluding hydrogens is 251 g/mol. The second-order valence-electron chi connectivity index (χ2n) is 6.13. The molecule has 2 aliphatic rings. The lowest BCUT2D eigenvalue weighted by atomic mass is 9.66. The molecule has 104 valence electrons. The van der Waals surface area contributed by atoms with Gasteiger partial charge >= 0.3 is 0 Å². The Bertz CT molecular complexity index is 711. The van der Waals surface area contributed by atoms with E-state index in [9.17, 15) is 0 Å². The molecule has 0 aromatic heterocycles. The lowest BCUT2D eigenvalue weighted by Gasteiger charge is -2.04. The van der Waals surface area contributed by atoms with Gasteiger partial charge < -0.3 is 0 Å². The van der Waals surface area contributed by atoms with Crippen LogP contribution in [0.15, 0.2) is 77.3 Å². The van der Waals surface area contributed by atoms with Gasteiger partial charge in [-0.1, -0.05) is 89.7 Å². The fraction of sp³-hybridized carbons (Fsp3) is 0.200. The van der Waals surface area contributed by atoms with Crippen molar-refractivity contribution in [2.24, 2.45) is 5.92 Å². The Morgan fingerprint density at radius 3 is 2.33 bits per heavy atom. The highest BCUT2D eigenvalue weighted by Crippen LogP contribution is 2.27. The third-order valence-electron chi connectivity index (χ3n) is 4.13. The van der Waals surface area contributed by atoms with Gasteiger partial charge in [-0.15, -0.1) is 0 Å². The number of hydrogen-bond donors (Lipinski definition) is 0. The monoisotopic (exact) mass is 272 g/mol. The van der Waals surface area contributed by atoms with Crippen LogP contribution in [0.1, 0.15) is 26.3 Å². The van der Waals surface area contributed by atoms with E-state index in [4.69, 9.17) is 0 Å². The average molecular weight is 272 g/mol. The highest BCUT2D eigenvalue weighted by Gasteiger charge is 2.19. The van der Waals surface area contributed by atoms with Crippen LogP contribution in [-0.2, 0) is 0 Å². The Kier molecular flexibility index (Phi) is 3.83. The minimum Gasteiger partial charge on any atom is -0.0776 e. The van der Waals surface area contributed by atoms with Gasteiger partial charge in [0.1, 0.15) is 0 Å².